The molecule has 0 aromatic carbocycles. The largest absolute Gasteiger partial charge is 0.372 e. The van der Waals surface area contributed by atoms with E-state index in [-0.39, 0.29) is 0 Å². The third-order valence-corrected chi connectivity index (χ3v) is 1.30. The van der Waals surface area contributed by atoms with Gasteiger partial charge in [0.2, 0.25) is 0 Å². The van der Waals surface area contributed by atoms with Crippen molar-refractivity contribution in [1.82, 2.24) is 0 Å². The Hall–Kier alpha value is 0.650. The molecule has 0 saturated heterocycles. The van der Waals surface area contributed by atoms with Crippen molar-refractivity contribution in [2.24, 2.45) is 0 Å². The van der Waals surface area contributed by atoms with Crippen molar-refractivity contribution in [3.05, 3.63) is 21.2 Å². The van der Waals surface area contributed by atoms with Crippen molar-refractivity contribution < 1.29 is 4.74 Å². The van der Waals surface area contributed by atoms with Gasteiger partial charge in [-0.1, -0.05) is 51.2 Å². The first kappa shape index (κ1) is 9.65. The SMILES string of the molecule is C=C(Br)COC/C=C/I. The number of rotatable bonds is 4. The molecule has 0 aliphatic carbocycles. The molecular weight excluding hydrogens is 295 g/mol. The lowest BCUT2D eigenvalue weighted by molar-refractivity contribution is 0.192. The molecule has 0 unspecified atom stereocenters. The average Bonchev–Trinajstić information content (AvgIpc) is 1.80. The lowest BCUT2D eigenvalue weighted by atomic mass is 10.6. The van der Waals surface area contributed by atoms with Gasteiger partial charge in [0, 0.05) is 4.48 Å². The Kier molecular flexibility index (Phi) is 7.25. The van der Waals surface area contributed by atoms with Crippen LogP contribution in [0.4, 0.5) is 0 Å². The Morgan fingerprint density at radius 2 is 2.44 bits per heavy atom. The van der Waals surface area contributed by atoms with E-state index in [2.05, 4.69) is 45.1 Å². The van der Waals surface area contributed by atoms with Crippen LogP contribution >= 0.6 is 38.5 Å². The Balaban J connectivity index is 3.01. The van der Waals surface area contributed by atoms with E-state index in [0.29, 0.717) is 13.2 Å². The number of hydrogen-bond acceptors (Lipinski definition) is 1. The zero-order valence-electron chi connectivity index (χ0n) is 4.94. The normalized spacial score (nSPS) is 10.4. The van der Waals surface area contributed by atoms with Crippen molar-refractivity contribution in [2.45, 2.75) is 0 Å². The van der Waals surface area contributed by atoms with E-state index in [1.54, 1.807) is 0 Å². The molecule has 1 nitrogen and oxygen atoms in total. The van der Waals surface area contributed by atoms with Gasteiger partial charge in [-0.2, -0.15) is 0 Å². The Labute approximate surface area is 77.4 Å². The molecule has 0 saturated carbocycles. The van der Waals surface area contributed by atoms with Gasteiger partial charge in [-0.25, -0.2) is 0 Å². The molecular formula is C6H8BrIO. The maximum Gasteiger partial charge on any atom is 0.0780 e. The topological polar surface area (TPSA) is 9.23 Å². The highest BCUT2D eigenvalue weighted by Gasteiger charge is 1.83. The van der Waals surface area contributed by atoms with E-state index in [1.807, 2.05) is 10.2 Å². The maximum atomic E-state index is 5.10. The fraction of sp³-hybridized carbons (Fsp3) is 0.333. The zero-order chi connectivity index (χ0) is 7.11. The van der Waals surface area contributed by atoms with Crippen LogP contribution in [-0.2, 0) is 4.74 Å². The summed E-state index contributed by atoms with van der Waals surface area (Å²) >= 11 is 5.33. The molecule has 0 radical (unpaired) electrons. The van der Waals surface area contributed by atoms with Crippen LogP contribution in [0.1, 0.15) is 0 Å². The van der Waals surface area contributed by atoms with E-state index in [1.165, 1.54) is 0 Å². The van der Waals surface area contributed by atoms with Crippen molar-refractivity contribution >= 4 is 38.5 Å². The summed E-state index contributed by atoms with van der Waals surface area (Å²) in [7, 11) is 0. The van der Waals surface area contributed by atoms with Gasteiger partial charge in [0.05, 0.1) is 13.2 Å². The van der Waals surface area contributed by atoms with Gasteiger partial charge in [-0.15, -0.1) is 0 Å². The smallest absolute Gasteiger partial charge is 0.0780 e. The standard InChI is InChI=1S/C6H8BrIO/c1-6(7)5-9-4-2-3-8/h2-3H,1,4-5H2/b3-2+. The highest BCUT2D eigenvalue weighted by molar-refractivity contribution is 14.1. The zero-order valence-corrected chi connectivity index (χ0v) is 8.68. The van der Waals surface area contributed by atoms with Crippen LogP contribution in [0.25, 0.3) is 0 Å². The van der Waals surface area contributed by atoms with Gasteiger partial charge in [0.1, 0.15) is 0 Å². The summed E-state index contributed by atoms with van der Waals surface area (Å²) in [4.78, 5) is 0. The van der Waals surface area contributed by atoms with E-state index < -0.39 is 0 Å². The summed E-state index contributed by atoms with van der Waals surface area (Å²) in [6, 6.07) is 0. The minimum atomic E-state index is 0.584. The number of halogens is 2. The fourth-order valence-electron chi connectivity index (χ4n) is 0.274. The van der Waals surface area contributed by atoms with Crippen LogP contribution in [0, 0.1) is 0 Å². The van der Waals surface area contributed by atoms with E-state index in [0.717, 1.165) is 4.48 Å². The fourth-order valence-corrected chi connectivity index (χ4v) is 0.644. The Morgan fingerprint density at radius 1 is 1.78 bits per heavy atom. The summed E-state index contributed by atoms with van der Waals surface area (Å²) in [6.45, 7) is 4.86. The van der Waals surface area contributed by atoms with Crippen LogP contribution in [0.15, 0.2) is 21.2 Å². The van der Waals surface area contributed by atoms with Gasteiger partial charge in [0.15, 0.2) is 0 Å². The van der Waals surface area contributed by atoms with Gasteiger partial charge < -0.3 is 4.74 Å². The highest BCUT2D eigenvalue weighted by Crippen LogP contribution is 1.99. The van der Waals surface area contributed by atoms with E-state index in [4.69, 9.17) is 4.74 Å². The van der Waals surface area contributed by atoms with Crippen molar-refractivity contribution in [1.29, 1.82) is 0 Å². The molecule has 0 bridgehead atoms. The molecule has 0 aromatic heterocycles. The third kappa shape index (κ3) is 8.65. The van der Waals surface area contributed by atoms with Crippen molar-refractivity contribution in [3.8, 4) is 0 Å². The first-order valence-electron chi connectivity index (χ1n) is 2.43. The molecule has 9 heavy (non-hydrogen) atoms. The van der Waals surface area contributed by atoms with Crippen LogP contribution in [0.3, 0.4) is 0 Å². The first-order valence-corrected chi connectivity index (χ1v) is 4.47. The molecule has 0 aliphatic rings. The molecule has 0 amide bonds. The summed E-state index contributed by atoms with van der Waals surface area (Å²) in [6.07, 6.45) is 1.94. The van der Waals surface area contributed by atoms with Crippen LogP contribution in [0.5, 0.6) is 0 Å². The van der Waals surface area contributed by atoms with Crippen LogP contribution in [0.2, 0.25) is 0 Å². The lowest BCUT2D eigenvalue weighted by Gasteiger charge is -1.95. The summed E-state index contributed by atoms with van der Waals surface area (Å²) < 4.78 is 7.90. The summed E-state index contributed by atoms with van der Waals surface area (Å²) in [5.41, 5.74) is 0. The molecule has 0 fully saturated rings. The molecule has 0 heterocycles. The summed E-state index contributed by atoms with van der Waals surface area (Å²) in [5, 5.41) is 0. The molecule has 0 rings (SSSR count). The monoisotopic (exact) mass is 302 g/mol. The number of hydrogen-bond donors (Lipinski definition) is 0. The first-order chi connectivity index (χ1) is 4.27. The van der Waals surface area contributed by atoms with Gasteiger partial charge in [-0.3, -0.25) is 0 Å². The molecule has 0 spiro atoms. The predicted molar refractivity (Wildman–Crippen MR) is 52.0 cm³/mol. The predicted octanol–water partition coefficient (Wildman–Crippen LogP) is 2.86. The third-order valence-electron chi connectivity index (χ3n) is 0.562. The number of ether oxygens (including phenoxy) is 1. The van der Waals surface area contributed by atoms with Gasteiger partial charge in [-0.05, 0) is 4.08 Å². The second-order valence-electron chi connectivity index (χ2n) is 1.39. The van der Waals surface area contributed by atoms with E-state index in [9.17, 15) is 0 Å². The van der Waals surface area contributed by atoms with E-state index >= 15 is 0 Å². The molecule has 0 aliphatic heterocycles. The minimum Gasteiger partial charge on any atom is -0.372 e. The van der Waals surface area contributed by atoms with Gasteiger partial charge in [0.25, 0.3) is 0 Å². The van der Waals surface area contributed by atoms with Gasteiger partial charge >= 0.3 is 0 Å². The molecule has 52 valence electrons. The molecule has 0 aromatic rings. The van der Waals surface area contributed by atoms with Crippen molar-refractivity contribution in [3.63, 3.8) is 0 Å². The molecule has 0 atom stereocenters. The molecule has 0 N–H and O–H groups in total. The van der Waals surface area contributed by atoms with Crippen LogP contribution in [-0.4, -0.2) is 13.2 Å². The quantitative estimate of drug-likeness (QED) is 0.573. The minimum absolute atomic E-state index is 0.584. The Morgan fingerprint density at radius 3 is 2.89 bits per heavy atom. The summed E-state index contributed by atoms with van der Waals surface area (Å²) in [5.74, 6) is 0. The lowest BCUT2D eigenvalue weighted by Crippen LogP contribution is -1.91. The maximum absolute atomic E-state index is 5.10. The highest BCUT2D eigenvalue weighted by atomic mass is 127. The van der Waals surface area contributed by atoms with Crippen molar-refractivity contribution in [2.75, 3.05) is 13.2 Å². The average molecular weight is 303 g/mol. The second-order valence-corrected chi connectivity index (χ2v) is 3.23. The second kappa shape index (κ2) is 6.77. The Bertz CT molecular complexity index is 112. The molecule has 3 heteroatoms. The van der Waals surface area contributed by atoms with Crippen LogP contribution < -0.4 is 0 Å².